The average Bonchev–Trinajstić information content (AvgIpc) is 3.17. The van der Waals surface area contributed by atoms with Crippen LogP contribution in [0.15, 0.2) is 36.7 Å². The van der Waals surface area contributed by atoms with Gasteiger partial charge in [0.15, 0.2) is 0 Å². The molecule has 1 amide bonds. The van der Waals surface area contributed by atoms with Crippen LogP contribution < -0.4 is 14.2 Å². The van der Waals surface area contributed by atoms with E-state index in [1.165, 1.54) is 13.3 Å². The van der Waals surface area contributed by atoms with Gasteiger partial charge < -0.3 is 19.1 Å². The van der Waals surface area contributed by atoms with Crippen molar-refractivity contribution in [1.82, 2.24) is 14.9 Å². The maximum atomic E-state index is 12.7. The first kappa shape index (κ1) is 18.9. The van der Waals surface area contributed by atoms with E-state index in [1.807, 2.05) is 24.3 Å². The molecule has 0 saturated carbocycles. The number of hydrogen-bond acceptors (Lipinski definition) is 6. The van der Waals surface area contributed by atoms with Crippen LogP contribution in [0.2, 0.25) is 0 Å². The minimum absolute atomic E-state index is 0.00191. The molecule has 7 nitrogen and oxygen atoms in total. The van der Waals surface area contributed by atoms with Crippen LogP contribution in [0.1, 0.15) is 36.5 Å². The second-order valence-corrected chi connectivity index (χ2v) is 6.41. The maximum Gasteiger partial charge on any atom is 0.253 e. The van der Waals surface area contributed by atoms with Crippen LogP contribution in [0, 0.1) is 0 Å². The predicted octanol–water partition coefficient (Wildman–Crippen LogP) is 2.96. The fraction of sp³-hybridized carbons (Fsp3) is 0.450. The monoisotopic (exact) mass is 371 g/mol. The first-order valence-electron chi connectivity index (χ1n) is 9.24. The zero-order valence-electron chi connectivity index (χ0n) is 15.8. The number of unbranched alkanes of at least 4 members (excludes halogenated alkanes) is 1. The summed E-state index contributed by atoms with van der Waals surface area (Å²) in [6.07, 6.45) is 5.83. The van der Waals surface area contributed by atoms with Gasteiger partial charge in [0, 0.05) is 18.5 Å². The zero-order chi connectivity index (χ0) is 19.1. The van der Waals surface area contributed by atoms with Gasteiger partial charge >= 0.3 is 0 Å². The van der Waals surface area contributed by atoms with Crippen molar-refractivity contribution < 1.29 is 19.0 Å². The number of likely N-dealkylation sites (tertiary alicyclic amines) is 1. The summed E-state index contributed by atoms with van der Waals surface area (Å²) in [5.41, 5.74) is 0.652. The van der Waals surface area contributed by atoms with E-state index < -0.39 is 0 Å². The molecule has 1 atom stereocenters. The molecule has 2 heterocycles. The Morgan fingerprint density at radius 2 is 2.00 bits per heavy atom. The number of hydrogen-bond donors (Lipinski definition) is 0. The van der Waals surface area contributed by atoms with Crippen molar-refractivity contribution in [2.24, 2.45) is 0 Å². The van der Waals surface area contributed by atoms with Gasteiger partial charge in [-0.25, -0.2) is 0 Å². The van der Waals surface area contributed by atoms with E-state index in [-0.39, 0.29) is 12.0 Å². The molecular formula is C20H25N3O4. The largest absolute Gasteiger partial charge is 0.494 e. The lowest BCUT2D eigenvalue weighted by atomic mass is 10.2. The number of carbonyl (C=O) groups excluding carboxylic acids is 1. The molecule has 7 heteroatoms. The highest BCUT2D eigenvalue weighted by Crippen LogP contribution is 2.20. The quantitative estimate of drug-likeness (QED) is 0.664. The van der Waals surface area contributed by atoms with E-state index in [0.29, 0.717) is 37.0 Å². The lowest BCUT2D eigenvalue weighted by Gasteiger charge is -2.17. The van der Waals surface area contributed by atoms with Crippen LogP contribution in [0.4, 0.5) is 0 Å². The first-order chi connectivity index (χ1) is 13.2. The Kier molecular flexibility index (Phi) is 6.46. The van der Waals surface area contributed by atoms with E-state index >= 15 is 0 Å². The van der Waals surface area contributed by atoms with Crippen LogP contribution in [-0.4, -0.2) is 53.7 Å². The van der Waals surface area contributed by atoms with Crippen LogP contribution in [0.3, 0.4) is 0 Å². The van der Waals surface area contributed by atoms with E-state index in [9.17, 15) is 4.79 Å². The molecule has 144 valence electrons. The molecule has 0 N–H and O–H groups in total. The van der Waals surface area contributed by atoms with Crippen molar-refractivity contribution in [2.75, 3.05) is 26.8 Å². The summed E-state index contributed by atoms with van der Waals surface area (Å²) >= 11 is 0. The Bertz CT molecular complexity index is 751. The molecule has 27 heavy (non-hydrogen) atoms. The topological polar surface area (TPSA) is 73.8 Å². The number of aromatic nitrogens is 2. The molecule has 1 aliphatic rings. The van der Waals surface area contributed by atoms with Gasteiger partial charge in [-0.3, -0.25) is 9.78 Å². The van der Waals surface area contributed by atoms with Gasteiger partial charge in [-0.2, -0.15) is 4.98 Å². The molecule has 0 aliphatic carbocycles. The number of amides is 1. The second-order valence-electron chi connectivity index (χ2n) is 6.41. The van der Waals surface area contributed by atoms with Gasteiger partial charge in [0.05, 0.1) is 32.7 Å². The number of rotatable bonds is 8. The maximum absolute atomic E-state index is 12.7. The van der Waals surface area contributed by atoms with Crippen molar-refractivity contribution in [3.05, 3.63) is 42.2 Å². The number of benzene rings is 1. The van der Waals surface area contributed by atoms with E-state index in [2.05, 4.69) is 16.9 Å². The summed E-state index contributed by atoms with van der Waals surface area (Å²) in [5.74, 6) is 1.60. The number of nitrogens with zero attached hydrogens (tertiary/aromatic N) is 3. The summed E-state index contributed by atoms with van der Waals surface area (Å²) < 4.78 is 16.5. The summed E-state index contributed by atoms with van der Waals surface area (Å²) in [4.78, 5) is 22.7. The van der Waals surface area contributed by atoms with Gasteiger partial charge in [0.25, 0.3) is 5.91 Å². The van der Waals surface area contributed by atoms with Crippen molar-refractivity contribution in [3.63, 3.8) is 0 Å². The Morgan fingerprint density at radius 3 is 2.74 bits per heavy atom. The van der Waals surface area contributed by atoms with Gasteiger partial charge in [-0.05, 0) is 30.7 Å². The molecular weight excluding hydrogens is 346 g/mol. The summed E-state index contributed by atoms with van der Waals surface area (Å²) in [5, 5.41) is 0. The summed E-state index contributed by atoms with van der Waals surface area (Å²) in [7, 11) is 1.53. The molecule has 2 aromatic rings. The standard InChI is InChI=1S/C20H25N3O4/c1-3-4-11-26-16-7-5-15(6-8-16)20(24)23-10-9-17(14-23)27-19-13-21-12-18(22-19)25-2/h5-8,12-13,17H,3-4,9-11,14H2,1-2H3. The normalized spacial score (nSPS) is 16.2. The van der Waals surface area contributed by atoms with Crippen LogP contribution >= 0.6 is 0 Å². The molecule has 1 aliphatic heterocycles. The van der Waals surface area contributed by atoms with Crippen molar-refractivity contribution in [2.45, 2.75) is 32.3 Å². The minimum atomic E-state index is -0.105. The second kappa shape index (κ2) is 9.21. The predicted molar refractivity (Wildman–Crippen MR) is 100 cm³/mol. The van der Waals surface area contributed by atoms with E-state index in [1.54, 1.807) is 11.1 Å². The van der Waals surface area contributed by atoms with Gasteiger partial charge in [0.2, 0.25) is 11.8 Å². The third kappa shape index (κ3) is 5.09. The molecule has 1 aromatic heterocycles. The van der Waals surface area contributed by atoms with Crippen molar-refractivity contribution in [1.29, 1.82) is 0 Å². The molecule has 0 radical (unpaired) electrons. The third-order valence-electron chi connectivity index (χ3n) is 4.39. The number of methoxy groups -OCH3 is 1. The van der Waals surface area contributed by atoms with Crippen LogP contribution in [0.5, 0.6) is 17.5 Å². The Labute approximate surface area is 159 Å². The number of ether oxygens (including phenoxy) is 3. The first-order valence-corrected chi connectivity index (χ1v) is 9.24. The molecule has 0 bridgehead atoms. The van der Waals surface area contributed by atoms with Gasteiger partial charge in [0.1, 0.15) is 11.9 Å². The molecule has 1 aromatic carbocycles. The summed E-state index contributed by atoms with van der Waals surface area (Å²) in [6.45, 7) is 3.99. The molecule has 0 spiro atoms. The lowest BCUT2D eigenvalue weighted by molar-refractivity contribution is 0.0771. The minimum Gasteiger partial charge on any atom is -0.494 e. The van der Waals surface area contributed by atoms with Crippen molar-refractivity contribution in [3.8, 4) is 17.5 Å². The summed E-state index contributed by atoms with van der Waals surface area (Å²) in [6, 6.07) is 7.31. The average molecular weight is 371 g/mol. The van der Waals surface area contributed by atoms with Gasteiger partial charge in [-0.1, -0.05) is 13.3 Å². The molecule has 1 unspecified atom stereocenters. The smallest absolute Gasteiger partial charge is 0.253 e. The Hall–Kier alpha value is -2.83. The zero-order valence-corrected chi connectivity index (χ0v) is 15.8. The number of carbonyl (C=O) groups is 1. The lowest BCUT2D eigenvalue weighted by Crippen LogP contribution is -2.31. The molecule has 1 saturated heterocycles. The van der Waals surface area contributed by atoms with Gasteiger partial charge in [-0.15, -0.1) is 0 Å². The third-order valence-corrected chi connectivity index (χ3v) is 4.39. The Balaban J connectivity index is 1.54. The highest BCUT2D eigenvalue weighted by Gasteiger charge is 2.28. The highest BCUT2D eigenvalue weighted by molar-refractivity contribution is 5.94. The van der Waals surface area contributed by atoms with Crippen LogP contribution in [0.25, 0.3) is 0 Å². The highest BCUT2D eigenvalue weighted by atomic mass is 16.5. The molecule has 1 fully saturated rings. The SMILES string of the molecule is CCCCOc1ccc(C(=O)N2CCC(Oc3cncc(OC)n3)C2)cc1. The van der Waals surface area contributed by atoms with E-state index in [0.717, 1.165) is 25.0 Å². The van der Waals surface area contributed by atoms with Crippen molar-refractivity contribution >= 4 is 5.91 Å². The Morgan fingerprint density at radius 1 is 1.22 bits per heavy atom. The fourth-order valence-corrected chi connectivity index (χ4v) is 2.88. The van der Waals surface area contributed by atoms with E-state index in [4.69, 9.17) is 14.2 Å². The van der Waals surface area contributed by atoms with Crippen LogP contribution in [-0.2, 0) is 0 Å². The molecule has 3 rings (SSSR count). The fourth-order valence-electron chi connectivity index (χ4n) is 2.88.